The highest BCUT2D eigenvalue weighted by Gasteiger charge is 2.10. The maximum atomic E-state index is 11.6. The summed E-state index contributed by atoms with van der Waals surface area (Å²) in [5, 5.41) is 6.17. The van der Waals surface area contributed by atoms with Gasteiger partial charge in [-0.2, -0.15) is 0 Å². The topological polar surface area (TPSA) is 62.7 Å². The molecule has 0 aliphatic carbocycles. The molecule has 0 radical (unpaired) electrons. The highest BCUT2D eigenvalue weighted by Crippen LogP contribution is 2.16. The van der Waals surface area contributed by atoms with Crippen LogP contribution in [-0.2, 0) is 6.54 Å². The molecule has 18 heavy (non-hydrogen) atoms. The van der Waals surface area contributed by atoms with E-state index in [1.165, 1.54) is 0 Å². The van der Waals surface area contributed by atoms with Crippen LogP contribution in [0, 0.1) is 0 Å². The van der Waals surface area contributed by atoms with Crippen molar-refractivity contribution in [2.24, 2.45) is 4.99 Å². The highest BCUT2D eigenvalue weighted by atomic mass is 32.2. The van der Waals surface area contributed by atoms with Crippen LogP contribution < -0.4 is 15.4 Å². The second-order valence-electron chi connectivity index (χ2n) is 3.65. The van der Waals surface area contributed by atoms with Gasteiger partial charge in [0.2, 0.25) is 0 Å². The van der Waals surface area contributed by atoms with Gasteiger partial charge in [-0.25, -0.2) is 4.79 Å². The Bertz CT molecular complexity index is 462. The van der Waals surface area contributed by atoms with E-state index in [1.807, 2.05) is 24.3 Å². The summed E-state index contributed by atoms with van der Waals surface area (Å²) >= 11 is 1.55. The molecular formula is C12H15N3O2S. The molecule has 0 fully saturated rings. The number of para-hydroxylation sites is 1. The van der Waals surface area contributed by atoms with E-state index in [-0.39, 0.29) is 6.03 Å². The Kier molecular flexibility index (Phi) is 4.46. The van der Waals surface area contributed by atoms with Crippen LogP contribution in [0.15, 0.2) is 29.3 Å². The first-order valence-electron chi connectivity index (χ1n) is 5.63. The fourth-order valence-corrected chi connectivity index (χ4v) is 2.30. The predicted molar refractivity (Wildman–Crippen MR) is 73.1 cm³/mol. The fourth-order valence-electron chi connectivity index (χ4n) is 1.58. The van der Waals surface area contributed by atoms with E-state index in [4.69, 9.17) is 4.74 Å². The molecule has 0 bridgehead atoms. The van der Waals surface area contributed by atoms with Crippen LogP contribution in [0.1, 0.15) is 5.56 Å². The minimum absolute atomic E-state index is 0.242. The first-order valence-corrected chi connectivity index (χ1v) is 6.62. The number of benzene rings is 1. The SMILES string of the molecule is COc1ccccc1CNC(=O)NC1=NCCS1. The molecule has 1 aromatic rings. The summed E-state index contributed by atoms with van der Waals surface area (Å²) in [5.74, 6) is 1.70. The van der Waals surface area contributed by atoms with Crippen LogP contribution in [0.25, 0.3) is 0 Å². The van der Waals surface area contributed by atoms with Crippen molar-refractivity contribution in [1.29, 1.82) is 0 Å². The van der Waals surface area contributed by atoms with Crippen molar-refractivity contribution in [3.05, 3.63) is 29.8 Å². The summed E-state index contributed by atoms with van der Waals surface area (Å²) in [7, 11) is 1.61. The van der Waals surface area contributed by atoms with Crippen molar-refractivity contribution >= 4 is 23.0 Å². The molecule has 6 heteroatoms. The van der Waals surface area contributed by atoms with Gasteiger partial charge in [-0.3, -0.25) is 10.3 Å². The van der Waals surface area contributed by atoms with Crippen LogP contribution in [0.4, 0.5) is 4.79 Å². The lowest BCUT2D eigenvalue weighted by Crippen LogP contribution is -2.37. The molecule has 0 aromatic heterocycles. The molecule has 2 N–H and O–H groups in total. The highest BCUT2D eigenvalue weighted by molar-refractivity contribution is 8.14. The van der Waals surface area contributed by atoms with Gasteiger partial charge in [-0.1, -0.05) is 30.0 Å². The Hall–Kier alpha value is -1.69. The zero-order chi connectivity index (χ0) is 12.8. The number of amidine groups is 1. The third-order valence-electron chi connectivity index (χ3n) is 2.44. The predicted octanol–water partition coefficient (Wildman–Crippen LogP) is 1.60. The number of amides is 2. The van der Waals surface area contributed by atoms with Crippen molar-refractivity contribution in [3.63, 3.8) is 0 Å². The summed E-state index contributed by atoms with van der Waals surface area (Å²) in [4.78, 5) is 15.8. The number of thioether (sulfide) groups is 1. The van der Waals surface area contributed by atoms with Gasteiger partial charge in [-0.05, 0) is 6.07 Å². The summed E-state index contributed by atoms with van der Waals surface area (Å²) in [6, 6.07) is 7.35. The van der Waals surface area contributed by atoms with Gasteiger partial charge < -0.3 is 10.1 Å². The van der Waals surface area contributed by atoms with Crippen molar-refractivity contribution in [2.75, 3.05) is 19.4 Å². The van der Waals surface area contributed by atoms with E-state index < -0.39 is 0 Å². The normalized spacial score (nSPS) is 13.9. The average molecular weight is 265 g/mol. The van der Waals surface area contributed by atoms with Gasteiger partial charge in [0.1, 0.15) is 5.75 Å². The quantitative estimate of drug-likeness (QED) is 0.872. The lowest BCUT2D eigenvalue weighted by atomic mass is 10.2. The summed E-state index contributed by atoms with van der Waals surface area (Å²) in [5.41, 5.74) is 0.941. The second kappa shape index (κ2) is 6.30. The zero-order valence-electron chi connectivity index (χ0n) is 10.1. The Labute approximate surface area is 110 Å². The number of ether oxygens (including phenoxy) is 1. The van der Waals surface area contributed by atoms with Gasteiger partial charge in [0.05, 0.1) is 13.7 Å². The average Bonchev–Trinajstić information content (AvgIpc) is 2.89. The van der Waals surface area contributed by atoms with Crippen LogP contribution in [-0.4, -0.2) is 30.6 Å². The van der Waals surface area contributed by atoms with Crippen LogP contribution in [0.5, 0.6) is 5.75 Å². The molecule has 0 atom stereocenters. The number of rotatable bonds is 3. The maximum absolute atomic E-state index is 11.6. The number of aliphatic imine (C=N–C) groups is 1. The van der Waals surface area contributed by atoms with Crippen molar-refractivity contribution in [3.8, 4) is 5.75 Å². The second-order valence-corrected chi connectivity index (χ2v) is 4.74. The maximum Gasteiger partial charge on any atom is 0.321 e. The summed E-state index contributed by atoms with van der Waals surface area (Å²) < 4.78 is 5.21. The lowest BCUT2D eigenvalue weighted by Gasteiger charge is -2.10. The van der Waals surface area contributed by atoms with Gasteiger partial charge >= 0.3 is 6.03 Å². The Morgan fingerprint density at radius 2 is 2.33 bits per heavy atom. The number of carbonyl (C=O) groups is 1. The van der Waals surface area contributed by atoms with Gasteiger partial charge in [-0.15, -0.1) is 0 Å². The van der Waals surface area contributed by atoms with Gasteiger partial charge in [0.25, 0.3) is 0 Å². The number of urea groups is 1. The first kappa shape index (κ1) is 12.8. The molecule has 1 aromatic carbocycles. The molecule has 0 saturated heterocycles. The summed E-state index contributed by atoms with van der Waals surface area (Å²) in [6.07, 6.45) is 0. The first-order chi connectivity index (χ1) is 8.79. The Morgan fingerprint density at radius 1 is 1.50 bits per heavy atom. The molecule has 0 saturated carbocycles. The van der Waals surface area contributed by atoms with E-state index in [9.17, 15) is 4.79 Å². The van der Waals surface area contributed by atoms with Gasteiger partial charge in [0, 0.05) is 17.9 Å². The number of nitrogens with zero attached hydrogens (tertiary/aromatic N) is 1. The minimum atomic E-state index is -0.242. The van der Waals surface area contributed by atoms with Crippen LogP contribution in [0.2, 0.25) is 0 Å². The molecule has 5 nitrogen and oxygen atoms in total. The van der Waals surface area contributed by atoms with E-state index in [0.717, 1.165) is 23.6 Å². The Morgan fingerprint density at radius 3 is 3.06 bits per heavy atom. The molecule has 0 spiro atoms. The fraction of sp³-hybridized carbons (Fsp3) is 0.333. The van der Waals surface area contributed by atoms with E-state index in [2.05, 4.69) is 15.6 Å². The summed E-state index contributed by atoms with van der Waals surface area (Å²) in [6.45, 7) is 1.20. The zero-order valence-corrected chi connectivity index (χ0v) is 10.9. The number of nitrogens with one attached hydrogen (secondary N) is 2. The third kappa shape index (κ3) is 3.40. The largest absolute Gasteiger partial charge is 0.496 e. The molecule has 1 aliphatic rings. The monoisotopic (exact) mass is 265 g/mol. The molecule has 2 amide bonds. The molecule has 1 heterocycles. The molecule has 2 rings (SSSR count). The molecule has 1 aliphatic heterocycles. The van der Waals surface area contributed by atoms with Crippen molar-refractivity contribution in [2.45, 2.75) is 6.54 Å². The van der Waals surface area contributed by atoms with E-state index >= 15 is 0 Å². The van der Waals surface area contributed by atoms with Crippen LogP contribution >= 0.6 is 11.8 Å². The smallest absolute Gasteiger partial charge is 0.321 e. The van der Waals surface area contributed by atoms with Crippen molar-refractivity contribution in [1.82, 2.24) is 10.6 Å². The van der Waals surface area contributed by atoms with E-state index in [1.54, 1.807) is 18.9 Å². The molecule has 96 valence electrons. The number of methoxy groups -OCH3 is 1. The van der Waals surface area contributed by atoms with Gasteiger partial charge in [0.15, 0.2) is 5.17 Å². The van der Waals surface area contributed by atoms with E-state index in [0.29, 0.717) is 11.7 Å². The lowest BCUT2D eigenvalue weighted by molar-refractivity contribution is 0.245. The van der Waals surface area contributed by atoms with Crippen molar-refractivity contribution < 1.29 is 9.53 Å². The molecular weight excluding hydrogens is 250 g/mol. The van der Waals surface area contributed by atoms with Crippen LogP contribution in [0.3, 0.4) is 0 Å². The standard InChI is InChI=1S/C12H15N3O2S/c1-17-10-5-3-2-4-9(10)8-14-11(16)15-12-13-6-7-18-12/h2-5H,6-8H2,1H3,(H2,13,14,15,16). The Balaban J connectivity index is 1.85. The number of carbonyl (C=O) groups excluding carboxylic acids is 1. The molecule has 0 unspecified atom stereocenters. The minimum Gasteiger partial charge on any atom is -0.496 e. The number of hydrogen-bond donors (Lipinski definition) is 2. The number of hydrogen-bond acceptors (Lipinski definition) is 4. The third-order valence-corrected chi connectivity index (χ3v) is 3.33.